The molecule has 4 heteroatoms. The highest BCUT2D eigenvalue weighted by atomic mass is 32.2. The van der Waals surface area contributed by atoms with E-state index in [0.717, 1.165) is 4.90 Å². The first kappa shape index (κ1) is 8.93. The summed E-state index contributed by atoms with van der Waals surface area (Å²) in [6.45, 7) is 0. The fourth-order valence-electron chi connectivity index (χ4n) is 0.888. The van der Waals surface area contributed by atoms with Crippen LogP contribution in [0, 0.1) is 0 Å². The lowest BCUT2D eigenvalue weighted by atomic mass is 10.2. The van der Waals surface area contributed by atoms with Crippen LogP contribution in [0.2, 0.25) is 0 Å². The van der Waals surface area contributed by atoms with E-state index in [0.29, 0.717) is 11.3 Å². The second-order valence-electron chi connectivity index (χ2n) is 2.32. The summed E-state index contributed by atoms with van der Waals surface area (Å²) in [5.74, 6) is -0.450. The lowest BCUT2D eigenvalue weighted by Crippen LogP contribution is -2.11. The first-order chi connectivity index (χ1) is 5.65. The van der Waals surface area contributed by atoms with Gasteiger partial charge in [0.05, 0.1) is 0 Å². The molecule has 1 amide bonds. The van der Waals surface area contributed by atoms with E-state index in [1.807, 2.05) is 6.26 Å². The molecule has 0 bridgehead atoms. The fraction of sp³-hybridized carbons (Fsp3) is 0.125. The molecule has 0 spiro atoms. The molecular formula is C8H10N2OS. The number of benzene rings is 1. The third-order valence-corrected chi connectivity index (χ3v) is 2.33. The Labute approximate surface area is 75.1 Å². The van der Waals surface area contributed by atoms with Crippen molar-refractivity contribution in [3.63, 3.8) is 0 Å². The van der Waals surface area contributed by atoms with Gasteiger partial charge in [0.2, 0.25) is 5.91 Å². The van der Waals surface area contributed by atoms with Gasteiger partial charge in [-0.25, -0.2) is 0 Å². The number of rotatable bonds is 2. The third kappa shape index (κ3) is 1.71. The average Bonchev–Trinajstić information content (AvgIpc) is 2.04. The summed E-state index contributed by atoms with van der Waals surface area (Å²) in [7, 11) is 0. The van der Waals surface area contributed by atoms with Crippen molar-refractivity contribution < 1.29 is 4.79 Å². The molecule has 1 aromatic rings. The smallest absolute Gasteiger partial charge is 0.248 e. The molecule has 0 radical (unpaired) electrons. The molecule has 64 valence electrons. The molecule has 1 rings (SSSR count). The summed E-state index contributed by atoms with van der Waals surface area (Å²) < 4.78 is 0. The Balaban J connectivity index is 3.10. The predicted molar refractivity (Wildman–Crippen MR) is 51.2 cm³/mol. The quantitative estimate of drug-likeness (QED) is 0.531. The molecule has 3 nitrogen and oxygen atoms in total. The highest BCUT2D eigenvalue weighted by molar-refractivity contribution is 7.98. The lowest BCUT2D eigenvalue weighted by molar-refractivity contribution is 0.100. The Morgan fingerprint density at radius 3 is 2.58 bits per heavy atom. The SMILES string of the molecule is CSc1ccc(C(N)=O)cc1N. The van der Waals surface area contributed by atoms with Crippen LogP contribution in [0.1, 0.15) is 10.4 Å². The highest BCUT2D eigenvalue weighted by Crippen LogP contribution is 2.23. The van der Waals surface area contributed by atoms with Gasteiger partial charge in [-0.3, -0.25) is 4.79 Å². The summed E-state index contributed by atoms with van der Waals surface area (Å²) in [5.41, 5.74) is 11.8. The van der Waals surface area contributed by atoms with Crippen molar-refractivity contribution in [2.45, 2.75) is 4.90 Å². The number of hydrogen-bond donors (Lipinski definition) is 2. The third-order valence-electron chi connectivity index (χ3n) is 1.51. The van der Waals surface area contributed by atoms with Gasteiger partial charge in [0.25, 0.3) is 0 Å². The van der Waals surface area contributed by atoms with E-state index in [-0.39, 0.29) is 0 Å². The molecule has 4 N–H and O–H groups in total. The first-order valence-electron chi connectivity index (χ1n) is 3.38. The van der Waals surface area contributed by atoms with Crippen LogP contribution < -0.4 is 11.5 Å². The van der Waals surface area contributed by atoms with Crippen molar-refractivity contribution in [1.29, 1.82) is 0 Å². The number of carbonyl (C=O) groups is 1. The van der Waals surface area contributed by atoms with Crippen LogP contribution in [-0.4, -0.2) is 12.2 Å². The molecule has 0 atom stereocenters. The van der Waals surface area contributed by atoms with Crippen LogP contribution in [-0.2, 0) is 0 Å². The second-order valence-corrected chi connectivity index (χ2v) is 3.17. The van der Waals surface area contributed by atoms with Gasteiger partial charge in [-0.1, -0.05) is 0 Å². The lowest BCUT2D eigenvalue weighted by Gasteiger charge is -2.02. The number of amides is 1. The molecule has 0 aliphatic heterocycles. The van der Waals surface area contributed by atoms with Gasteiger partial charge in [-0.2, -0.15) is 0 Å². The zero-order chi connectivity index (χ0) is 9.14. The Morgan fingerprint density at radius 2 is 2.17 bits per heavy atom. The van der Waals surface area contributed by atoms with Gasteiger partial charge in [-0.05, 0) is 24.5 Å². The normalized spacial score (nSPS) is 9.75. The predicted octanol–water partition coefficient (Wildman–Crippen LogP) is 1.09. The number of nitrogens with two attached hydrogens (primary N) is 2. The molecule has 0 saturated carbocycles. The highest BCUT2D eigenvalue weighted by Gasteiger charge is 2.02. The van der Waals surface area contributed by atoms with Crippen molar-refractivity contribution in [2.75, 3.05) is 12.0 Å². The van der Waals surface area contributed by atoms with E-state index < -0.39 is 5.91 Å². The van der Waals surface area contributed by atoms with E-state index in [9.17, 15) is 4.79 Å². The number of hydrogen-bond acceptors (Lipinski definition) is 3. The summed E-state index contributed by atoms with van der Waals surface area (Å²) >= 11 is 1.54. The van der Waals surface area contributed by atoms with Crippen LogP contribution in [0.15, 0.2) is 23.1 Å². The van der Waals surface area contributed by atoms with Crippen LogP contribution in [0.5, 0.6) is 0 Å². The van der Waals surface area contributed by atoms with Crippen molar-refractivity contribution in [3.05, 3.63) is 23.8 Å². The molecule has 0 aliphatic carbocycles. The molecule has 0 fully saturated rings. The second kappa shape index (κ2) is 3.49. The zero-order valence-corrected chi connectivity index (χ0v) is 7.52. The van der Waals surface area contributed by atoms with E-state index in [1.54, 1.807) is 18.2 Å². The molecule has 12 heavy (non-hydrogen) atoms. The minimum absolute atomic E-state index is 0.449. The maximum Gasteiger partial charge on any atom is 0.248 e. The van der Waals surface area contributed by atoms with Gasteiger partial charge in [0.1, 0.15) is 0 Å². The number of thioether (sulfide) groups is 1. The monoisotopic (exact) mass is 182 g/mol. The van der Waals surface area contributed by atoms with Crippen LogP contribution in [0.25, 0.3) is 0 Å². The van der Waals surface area contributed by atoms with E-state index >= 15 is 0 Å². The number of primary amides is 1. The molecule has 0 saturated heterocycles. The molecular weight excluding hydrogens is 172 g/mol. The molecule has 0 aromatic heterocycles. The van der Waals surface area contributed by atoms with Crippen molar-refractivity contribution in [1.82, 2.24) is 0 Å². The number of carbonyl (C=O) groups excluding carboxylic acids is 1. The number of nitrogen functional groups attached to an aromatic ring is 1. The van der Waals surface area contributed by atoms with Crippen molar-refractivity contribution >= 4 is 23.4 Å². The summed E-state index contributed by atoms with van der Waals surface area (Å²) in [6, 6.07) is 5.05. The summed E-state index contributed by atoms with van der Waals surface area (Å²) in [4.78, 5) is 11.7. The fourth-order valence-corrected chi connectivity index (χ4v) is 1.39. The van der Waals surface area contributed by atoms with Gasteiger partial charge in [0.15, 0.2) is 0 Å². The van der Waals surface area contributed by atoms with Gasteiger partial charge in [-0.15, -0.1) is 11.8 Å². The molecule has 0 unspecified atom stereocenters. The molecule has 0 heterocycles. The van der Waals surface area contributed by atoms with Crippen LogP contribution >= 0.6 is 11.8 Å². The Kier molecular flexibility index (Phi) is 2.60. The largest absolute Gasteiger partial charge is 0.398 e. The number of anilines is 1. The summed E-state index contributed by atoms with van der Waals surface area (Å²) in [6.07, 6.45) is 1.93. The molecule has 0 aliphatic rings. The maximum atomic E-state index is 10.7. The van der Waals surface area contributed by atoms with Crippen molar-refractivity contribution in [2.24, 2.45) is 5.73 Å². The molecule has 1 aromatic carbocycles. The minimum atomic E-state index is -0.450. The first-order valence-corrected chi connectivity index (χ1v) is 4.61. The van der Waals surface area contributed by atoms with Gasteiger partial charge < -0.3 is 11.5 Å². The van der Waals surface area contributed by atoms with Gasteiger partial charge in [0, 0.05) is 16.1 Å². The van der Waals surface area contributed by atoms with E-state index in [4.69, 9.17) is 11.5 Å². The van der Waals surface area contributed by atoms with Crippen LogP contribution in [0.3, 0.4) is 0 Å². The van der Waals surface area contributed by atoms with Crippen LogP contribution in [0.4, 0.5) is 5.69 Å². The Bertz CT molecular complexity index is 312. The summed E-state index contributed by atoms with van der Waals surface area (Å²) in [5, 5.41) is 0. The maximum absolute atomic E-state index is 10.7. The standard InChI is InChI=1S/C8H10N2OS/c1-12-7-3-2-5(8(10)11)4-6(7)9/h2-4H,9H2,1H3,(H2,10,11). The average molecular weight is 182 g/mol. The minimum Gasteiger partial charge on any atom is -0.398 e. The van der Waals surface area contributed by atoms with E-state index in [2.05, 4.69) is 0 Å². The Hall–Kier alpha value is -1.16. The van der Waals surface area contributed by atoms with Crippen molar-refractivity contribution in [3.8, 4) is 0 Å². The van der Waals surface area contributed by atoms with Gasteiger partial charge >= 0.3 is 0 Å². The Morgan fingerprint density at radius 1 is 1.50 bits per heavy atom. The van der Waals surface area contributed by atoms with E-state index in [1.165, 1.54) is 11.8 Å². The zero-order valence-electron chi connectivity index (χ0n) is 6.70. The topological polar surface area (TPSA) is 69.1 Å².